The topological polar surface area (TPSA) is 105 Å². The number of nitrogens with two attached hydrogens (primary N) is 1. The summed E-state index contributed by atoms with van der Waals surface area (Å²) in [6.07, 6.45) is 0.785. The van der Waals surface area contributed by atoms with Crippen LogP contribution in [0.4, 0.5) is 22.2 Å². The van der Waals surface area contributed by atoms with Crippen molar-refractivity contribution in [2.24, 2.45) is 0 Å². The Balaban J connectivity index is 1.33. The number of nitrogens with zero attached hydrogens (tertiary/aromatic N) is 3. The quantitative estimate of drug-likeness (QED) is 0.502. The molecule has 1 aromatic heterocycles. The second-order valence-electron chi connectivity index (χ2n) is 7.81. The van der Waals surface area contributed by atoms with Crippen molar-refractivity contribution >= 4 is 35.1 Å². The van der Waals surface area contributed by atoms with E-state index in [2.05, 4.69) is 20.6 Å². The van der Waals surface area contributed by atoms with E-state index < -0.39 is 0 Å². The van der Waals surface area contributed by atoms with Crippen LogP contribution in [0.3, 0.4) is 0 Å². The summed E-state index contributed by atoms with van der Waals surface area (Å²) in [5.41, 5.74) is 10.4. The van der Waals surface area contributed by atoms with Gasteiger partial charge in [-0.15, -0.1) is 0 Å². The highest BCUT2D eigenvalue weighted by molar-refractivity contribution is 6.31. The molecular formula is C24H27ClN6O2. The highest BCUT2D eigenvalue weighted by atomic mass is 35.5. The summed E-state index contributed by atoms with van der Waals surface area (Å²) in [7, 11) is 0. The number of carbonyl (C=O) groups excluding carboxylic acids is 1. The zero-order valence-electron chi connectivity index (χ0n) is 18.5. The predicted molar refractivity (Wildman–Crippen MR) is 132 cm³/mol. The van der Waals surface area contributed by atoms with Crippen molar-refractivity contribution in [1.82, 2.24) is 14.9 Å². The average Bonchev–Trinajstić information content (AvgIpc) is 2.82. The van der Waals surface area contributed by atoms with Crippen molar-refractivity contribution in [3.05, 3.63) is 64.7 Å². The maximum Gasteiger partial charge on any atom is 0.321 e. The van der Waals surface area contributed by atoms with Crippen LogP contribution >= 0.6 is 11.6 Å². The van der Waals surface area contributed by atoms with Crippen LogP contribution in [-0.2, 0) is 11.2 Å². The fourth-order valence-electron chi connectivity index (χ4n) is 3.64. The highest BCUT2D eigenvalue weighted by Crippen LogP contribution is 2.28. The van der Waals surface area contributed by atoms with Gasteiger partial charge in [-0.3, -0.25) is 0 Å². The van der Waals surface area contributed by atoms with E-state index in [1.54, 1.807) is 4.90 Å². The number of hydrogen-bond acceptors (Lipinski definition) is 6. The molecule has 0 bridgehead atoms. The first-order valence-electron chi connectivity index (χ1n) is 10.9. The van der Waals surface area contributed by atoms with Gasteiger partial charge in [-0.2, -0.15) is 4.98 Å². The fourth-order valence-corrected chi connectivity index (χ4v) is 3.81. The van der Waals surface area contributed by atoms with Gasteiger partial charge >= 0.3 is 6.03 Å². The minimum Gasteiger partial charge on any atom is -0.378 e. The van der Waals surface area contributed by atoms with Crippen molar-refractivity contribution in [3.63, 3.8) is 0 Å². The lowest BCUT2D eigenvalue weighted by Crippen LogP contribution is -2.43. The van der Waals surface area contributed by atoms with Crippen LogP contribution in [0.5, 0.6) is 0 Å². The van der Waals surface area contributed by atoms with E-state index in [-0.39, 0.29) is 12.0 Å². The molecule has 2 heterocycles. The molecule has 1 saturated heterocycles. The number of nitrogen functional groups attached to an aromatic ring is 1. The number of benzene rings is 2. The second kappa shape index (κ2) is 10.5. The van der Waals surface area contributed by atoms with E-state index in [0.717, 1.165) is 34.5 Å². The molecule has 0 spiro atoms. The van der Waals surface area contributed by atoms with Crippen molar-refractivity contribution < 1.29 is 9.53 Å². The standard InChI is InChI=1S/C24H27ClN6O2/c1-16-19(3-2-4-20(16)25)21-15-22(30-23(26)29-21)27-10-9-17-5-7-18(8-6-17)28-24(32)31-11-13-33-14-12-31/h2-8,15H,9-14H2,1H3,(H,28,32)(H3,26,27,29,30). The van der Waals surface area contributed by atoms with Crippen LogP contribution in [0.2, 0.25) is 5.02 Å². The van der Waals surface area contributed by atoms with Crippen molar-refractivity contribution in [1.29, 1.82) is 0 Å². The first-order chi connectivity index (χ1) is 16.0. The number of nitrogens with one attached hydrogen (secondary N) is 2. The van der Waals surface area contributed by atoms with Crippen molar-refractivity contribution in [2.75, 3.05) is 49.2 Å². The smallest absolute Gasteiger partial charge is 0.321 e. The van der Waals surface area contributed by atoms with Gasteiger partial charge in [0.1, 0.15) is 5.82 Å². The van der Waals surface area contributed by atoms with E-state index in [4.69, 9.17) is 22.1 Å². The third kappa shape index (κ3) is 5.91. The largest absolute Gasteiger partial charge is 0.378 e. The normalized spacial score (nSPS) is 13.6. The van der Waals surface area contributed by atoms with Gasteiger partial charge in [-0.1, -0.05) is 35.9 Å². The number of ether oxygens (including phenoxy) is 1. The Morgan fingerprint density at radius 2 is 1.91 bits per heavy atom. The molecule has 3 aromatic rings. The summed E-state index contributed by atoms with van der Waals surface area (Å²) in [6, 6.07) is 15.3. The molecule has 4 rings (SSSR count). The first kappa shape index (κ1) is 22.8. The lowest BCUT2D eigenvalue weighted by Gasteiger charge is -2.26. The minimum atomic E-state index is -0.0974. The second-order valence-corrected chi connectivity index (χ2v) is 8.22. The molecule has 4 N–H and O–H groups in total. The SMILES string of the molecule is Cc1c(Cl)cccc1-c1cc(NCCc2ccc(NC(=O)N3CCOCC3)cc2)nc(N)n1. The van der Waals surface area contributed by atoms with E-state index in [9.17, 15) is 4.79 Å². The maximum atomic E-state index is 12.3. The molecule has 9 heteroatoms. The van der Waals surface area contributed by atoms with E-state index in [0.29, 0.717) is 43.7 Å². The number of anilines is 3. The van der Waals surface area contributed by atoms with E-state index in [1.807, 2.05) is 55.5 Å². The molecule has 0 saturated carbocycles. The Labute approximate surface area is 198 Å². The maximum absolute atomic E-state index is 12.3. The molecular weight excluding hydrogens is 440 g/mol. The van der Waals surface area contributed by atoms with Gasteiger partial charge in [0.25, 0.3) is 0 Å². The van der Waals surface area contributed by atoms with Gasteiger partial charge in [-0.25, -0.2) is 9.78 Å². The average molecular weight is 467 g/mol. The van der Waals surface area contributed by atoms with Crippen LogP contribution < -0.4 is 16.4 Å². The zero-order valence-corrected chi connectivity index (χ0v) is 19.2. The summed E-state index contributed by atoms with van der Waals surface area (Å²) < 4.78 is 5.28. The molecule has 1 aliphatic rings. The summed E-state index contributed by atoms with van der Waals surface area (Å²) >= 11 is 6.25. The number of halogens is 1. The number of morpholine rings is 1. The molecule has 0 aliphatic carbocycles. The number of hydrogen-bond donors (Lipinski definition) is 3. The van der Waals surface area contributed by atoms with Gasteiger partial charge < -0.3 is 26.0 Å². The third-order valence-corrected chi connectivity index (χ3v) is 5.92. The van der Waals surface area contributed by atoms with Crippen LogP contribution in [0.1, 0.15) is 11.1 Å². The highest BCUT2D eigenvalue weighted by Gasteiger charge is 2.16. The van der Waals surface area contributed by atoms with Gasteiger partial charge in [0.05, 0.1) is 18.9 Å². The van der Waals surface area contributed by atoms with Crippen molar-refractivity contribution in [2.45, 2.75) is 13.3 Å². The van der Waals surface area contributed by atoms with Crippen LogP contribution in [0.15, 0.2) is 48.5 Å². The molecule has 2 amide bonds. The lowest BCUT2D eigenvalue weighted by molar-refractivity contribution is 0.0564. The van der Waals surface area contributed by atoms with E-state index in [1.165, 1.54) is 0 Å². The van der Waals surface area contributed by atoms with Crippen LogP contribution in [0.25, 0.3) is 11.3 Å². The third-order valence-electron chi connectivity index (χ3n) is 5.51. The van der Waals surface area contributed by atoms with Gasteiger partial charge in [0, 0.05) is 42.0 Å². The Hall–Kier alpha value is -3.36. The summed E-state index contributed by atoms with van der Waals surface area (Å²) in [5.74, 6) is 0.862. The predicted octanol–water partition coefficient (Wildman–Crippen LogP) is 4.21. The molecule has 172 valence electrons. The Bertz CT molecular complexity index is 1120. The molecule has 1 fully saturated rings. The molecule has 0 atom stereocenters. The van der Waals surface area contributed by atoms with E-state index >= 15 is 0 Å². The summed E-state index contributed by atoms with van der Waals surface area (Å²) in [6.45, 7) is 5.01. The zero-order chi connectivity index (χ0) is 23.2. The molecule has 1 aliphatic heterocycles. The first-order valence-corrected chi connectivity index (χ1v) is 11.2. The van der Waals surface area contributed by atoms with Crippen molar-refractivity contribution in [3.8, 4) is 11.3 Å². The molecule has 0 radical (unpaired) electrons. The Morgan fingerprint density at radius 3 is 2.67 bits per heavy atom. The summed E-state index contributed by atoms with van der Waals surface area (Å²) in [5, 5.41) is 6.93. The number of urea groups is 1. The number of carbonyl (C=O) groups is 1. The van der Waals surface area contributed by atoms with Gasteiger partial charge in [0.2, 0.25) is 5.95 Å². The summed E-state index contributed by atoms with van der Waals surface area (Å²) in [4.78, 5) is 22.7. The molecule has 0 unspecified atom stereocenters. The molecule has 2 aromatic carbocycles. The number of amides is 2. The van der Waals surface area contributed by atoms with Crippen LogP contribution in [-0.4, -0.2) is 53.7 Å². The number of rotatable bonds is 6. The van der Waals surface area contributed by atoms with Crippen LogP contribution in [0, 0.1) is 6.92 Å². The molecule has 8 nitrogen and oxygen atoms in total. The Morgan fingerprint density at radius 1 is 1.15 bits per heavy atom. The Kier molecular flexibility index (Phi) is 7.26. The fraction of sp³-hybridized carbons (Fsp3) is 0.292. The minimum absolute atomic E-state index is 0.0974. The van der Waals surface area contributed by atoms with Gasteiger partial charge in [0.15, 0.2) is 0 Å². The number of aromatic nitrogens is 2. The molecule has 33 heavy (non-hydrogen) atoms. The monoisotopic (exact) mass is 466 g/mol. The lowest BCUT2D eigenvalue weighted by atomic mass is 10.1. The van der Waals surface area contributed by atoms with Gasteiger partial charge in [-0.05, 0) is 42.7 Å².